The molecule has 1 aromatic heterocycles. The first-order valence-electron chi connectivity index (χ1n) is 9.25. The van der Waals surface area contributed by atoms with Crippen molar-refractivity contribution in [1.29, 1.82) is 0 Å². The normalized spacial score (nSPS) is 11.6. The first-order chi connectivity index (χ1) is 14.3. The van der Waals surface area contributed by atoms with E-state index in [9.17, 15) is 14.0 Å². The molecule has 0 radical (unpaired) electrons. The molecular formula is C22H21FN2O5. The second kappa shape index (κ2) is 9.21. The zero-order valence-electron chi connectivity index (χ0n) is 16.8. The number of amides is 1. The van der Waals surface area contributed by atoms with E-state index in [1.807, 2.05) is 13.8 Å². The van der Waals surface area contributed by atoms with Crippen molar-refractivity contribution in [3.05, 3.63) is 76.9 Å². The van der Waals surface area contributed by atoms with Gasteiger partial charge in [-0.2, -0.15) is 0 Å². The van der Waals surface area contributed by atoms with Crippen LogP contribution in [0, 0.1) is 19.7 Å². The van der Waals surface area contributed by atoms with Gasteiger partial charge in [0.25, 0.3) is 5.91 Å². The fourth-order valence-corrected chi connectivity index (χ4v) is 2.61. The van der Waals surface area contributed by atoms with E-state index in [0.717, 1.165) is 11.3 Å². The molecule has 1 N–H and O–H groups in total. The summed E-state index contributed by atoms with van der Waals surface area (Å²) in [6.07, 6.45) is -1.03. The fourth-order valence-electron chi connectivity index (χ4n) is 2.61. The van der Waals surface area contributed by atoms with Crippen molar-refractivity contribution in [3.63, 3.8) is 0 Å². The second-order valence-corrected chi connectivity index (χ2v) is 6.66. The van der Waals surface area contributed by atoms with E-state index in [1.54, 1.807) is 24.3 Å². The van der Waals surface area contributed by atoms with Gasteiger partial charge >= 0.3 is 5.97 Å². The van der Waals surface area contributed by atoms with E-state index in [4.69, 9.17) is 14.0 Å². The number of esters is 1. The van der Waals surface area contributed by atoms with Gasteiger partial charge in [0, 0.05) is 5.69 Å². The predicted octanol–water partition coefficient (Wildman–Crippen LogP) is 4.19. The van der Waals surface area contributed by atoms with Gasteiger partial charge in [-0.25, -0.2) is 9.18 Å². The molecule has 3 rings (SSSR count). The van der Waals surface area contributed by atoms with Crippen LogP contribution in [0.3, 0.4) is 0 Å². The van der Waals surface area contributed by atoms with Gasteiger partial charge in [-0.3, -0.25) is 4.79 Å². The van der Waals surface area contributed by atoms with E-state index in [2.05, 4.69) is 10.5 Å². The fraction of sp³-hybridized carbons (Fsp3) is 0.227. The van der Waals surface area contributed by atoms with E-state index < -0.39 is 23.8 Å². The number of nitrogens with one attached hydrogen (secondary N) is 1. The summed E-state index contributed by atoms with van der Waals surface area (Å²) in [6.45, 7) is 5.40. The molecule has 7 nitrogen and oxygen atoms in total. The van der Waals surface area contributed by atoms with Gasteiger partial charge in [-0.05, 0) is 69.3 Å². The molecule has 0 spiro atoms. The van der Waals surface area contributed by atoms with Crippen molar-refractivity contribution in [2.45, 2.75) is 33.5 Å². The third-order valence-electron chi connectivity index (χ3n) is 4.42. The molecule has 0 saturated carbocycles. The molecular weight excluding hydrogens is 391 g/mol. The number of anilines is 1. The van der Waals surface area contributed by atoms with Gasteiger partial charge in [-0.15, -0.1) is 0 Å². The molecule has 0 fully saturated rings. The Bertz CT molecular complexity index is 1010. The zero-order chi connectivity index (χ0) is 21.7. The molecule has 0 bridgehead atoms. The number of aryl methyl sites for hydroxylation is 2. The molecule has 2 aromatic carbocycles. The van der Waals surface area contributed by atoms with Crippen molar-refractivity contribution >= 4 is 17.6 Å². The largest absolute Gasteiger partial charge is 0.489 e. The van der Waals surface area contributed by atoms with E-state index in [-0.39, 0.29) is 5.56 Å². The predicted molar refractivity (Wildman–Crippen MR) is 107 cm³/mol. The summed E-state index contributed by atoms with van der Waals surface area (Å²) in [5.74, 6) is -0.316. The minimum Gasteiger partial charge on any atom is -0.489 e. The molecule has 0 saturated heterocycles. The van der Waals surface area contributed by atoms with Crippen molar-refractivity contribution in [1.82, 2.24) is 5.16 Å². The lowest BCUT2D eigenvalue weighted by Gasteiger charge is -2.14. The first kappa shape index (κ1) is 21.0. The summed E-state index contributed by atoms with van der Waals surface area (Å²) >= 11 is 0. The highest BCUT2D eigenvalue weighted by Gasteiger charge is 2.19. The van der Waals surface area contributed by atoms with Crippen LogP contribution < -0.4 is 10.1 Å². The topological polar surface area (TPSA) is 90.7 Å². The summed E-state index contributed by atoms with van der Waals surface area (Å²) in [7, 11) is 0. The summed E-state index contributed by atoms with van der Waals surface area (Å²) in [5, 5.41) is 6.43. The number of benzene rings is 2. The lowest BCUT2D eigenvalue weighted by atomic mass is 10.2. The Hall–Kier alpha value is -3.68. The highest BCUT2D eigenvalue weighted by molar-refractivity contribution is 5.97. The minimum atomic E-state index is -1.03. The average molecular weight is 412 g/mol. The summed E-state index contributed by atoms with van der Waals surface area (Å²) in [4.78, 5) is 24.4. The van der Waals surface area contributed by atoms with Crippen molar-refractivity contribution in [2.24, 2.45) is 0 Å². The Morgan fingerprint density at radius 1 is 1.10 bits per heavy atom. The second-order valence-electron chi connectivity index (χ2n) is 6.66. The van der Waals surface area contributed by atoms with Crippen LogP contribution in [0.5, 0.6) is 5.75 Å². The number of hydrogen-bond donors (Lipinski definition) is 1. The molecule has 0 aliphatic heterocycles. The molecule has 8 heteroatoms. The maximum absolute atomic E-state index is 12.9. The Morgan fingerprint density at radius 2 is 1.77 bits per heavy atom. The number of carbonyl (C=O) groups excluding carboxylic acids is 2. The SMILES string of the molecule is Cc1noc(C)c1COc1ccc(C(=O)O[C@@H](C)C(=O)Nc2ccc(F)cc2)cc1. The van der Waals surface area contributed by atoms with Crippen LogP contribution in [0.1, 0.15) is 34.3 Å². The Labute approximate surface area is 172 Å². The van der Waals surface area contributed by atoms with Crippen LogP contribution in [-0.4, -0.2) is 23.1 Å². The van der Waals surface area contributed by atoms with Crippen LogP contribution >= 0.6 is 0 Å². The van der Waals surface area contributed by atoms with Gasteiger partial charge < -0.3 is 19.3 Å². The lowest BCUT2D eigenvalue weighted by molar-refractivity contribution is -0.123. The van der Waals surface area contributed by atoms with Crippen LogP contribution in [0.15, 0.2) is 53.1 Å². The molecule has 1 heterocycles. The van der Waals surface area contributed by atoms with Crippen LogP contribution in [0.2, 0.25) is 0 Å². The van der Waals surface area contributed by atoms with Crippen molar-refractivity contribution < 1.29 is 28.0 Å². The first-order valence-corrected chi connectivity index (χ1v) is 9.25. The summed E-state index contributed by atoms with van der Waals surface area (Å²) in [5.41, 5.74) is 2.32. The molecule has 0 aliphatic carbocycles. The minimum absolute atomic E-state index is 0.279. The molecule has 30 heavy (non-hydrogen) atoms. The quantitative estimate of drug-likeness (QED) is 0.585. The monoisotopic (exact) mass is 412 g/mol. The zero-order valence-corrected chi connectivity index (χ0v) is 16.8. The maximum Gasteiger partial charge on any atom is 0.338 e. The summed E-state index contributed by atoms with van der Waals surface area (Å²) in [6, 6.07) is 11.7. The molecule has 1 atom stereocenters. The van der Waals surface area contributed by atoms with E-state index in [0.29, 0.717) is 23.8 Å². The number of hydrogen-bond acceptors (Lipinski definition) is 6. The number of nitrogens with zero attached hydrogens (tertiary/aromatic N) is 1. The molecule has 0 unspecified atom stereocenters. The highest BCUT2D eigenvalue weighted by Crippen LogP contribution is 2.18. The number of aromatic nitrogens is 1. The molecule has 156 valence electrons. The number of ether oxygens (including phenoxy) is 2. The van der Waals surface area contributed by atoms with E-state index >= 15 is 0 Å². The van der Waals surface area contributed by atoms with Crippen LogP contribution in [0.25, 0.3) is 0 Å². The van der Waals surface area contributed by atoms with E-state index in [1.165, 1.54) is 31.2 Å². The average Bonchev–Trinajstić information content (AvgIpc) is 3.05. The maximum atomic E-state index is 12.9. The Morgan fingerprint density at radius 3 is 2.37 bits per heavy atom. The van der Waals surface area contributed by atoms with Gasteiger partial charge in [0.15, 0.2) is 6.10 Å². The number of halogens is 1. The van der Waals surface area contributed by atoms with Gasteiger partial charge in [-0.1, -0.05) is 5.16 Å². The standard InChI is InChI=1S/C22H21FN2O5/c1-13-20(14(2)30-25-13)12-28-19-10-4-16(5-11-19)22(27)29-15(3)21(26)24-18-8-6-17(23)7-9-18/h4-11,15H,12H2,1-3H3,(H,24,26)/t15-/m0/s1. The van der Waals surface area contributed by atoms with Crippen molar-refractivity contribution in [3.8, 4) is 5.75 Å². The highest BCUT2D eigenvalue weighted by atomic mass is 19.1. The number of carbonyl (C=O) groups is 2. The Kier molecular flexibility index (Phi) is 6.46. The van der Waals surface area contributed by atoms with Crippen LogP contribution in [0.4, 0.5) is 10.1 Å². The van der Waals surface area contributed by atoms with Gasteiger partial charge in [0.1, 0.15) is 23.9 Å². The lowest BCUT2D eigenvalue weighted by Crippen LogP contribution is -2.30. The number of rotatable bonds is 7. The van der Waals surface area contributed by atoms with Crippen LogP contribution in [-0.2, 0) is 16.1 Å². The Balaban J connectivity index is 1.53. The van der Waals surface area contributed by atoms with Crippen molar-refractivity contribution in [2.75, 3.05) is 5.32 Å². The van der Waals surface area contributed by atoms with Gasteiger partial charge in [0.2, 0.25) is 0 Å². The third-order valence-corrected chi connectivity index (χ3v) is 4.42. The molecule has 0 aliphatic rings. The van der Waals surface area contributed by atoms with Gasteiger partial charge in [0.05, 0.1) is 16.8 Å². The smallest absolute Gasteiger partial charge is 0.338 e. The third kappa shape index (κ3) is 5.22. The summed E-state index contributed by atoms with van der Waals surface area (Å²) < 4.78 is 28.9. The molecule has 3 aromatic rings. The molecule has 1 amide bonds.